The number of hydrogen-bond donors (Lipinski definition) is 6. The van der Waals surface area contributed by atoms with E-state index in [0.717, 1.165) is 57.2 Å². The van der Waals surface area contributed by atoms with E-state index in [1.807, 2.05) is 0 Å². The first-order chi connectivity index (χ1) is 16.3. The molecule has 2 saturated carbocycles. The van der Waals surface area contributed by atoms with Gasteiger partial charge < -0.3 is 32.3 Å². The van der Waals surface area contributed by atoms with Crippen molar-refractivity contribution >= 4 is 5.96 Å². The van der Waals surface area contributed by atoms with E-state index in [2.05, 4.69) is 37.6 Å². The third-order valence-electron chi connectivity index (χ3n) is 7.91. The summed E-state index contributed by atoms with van der Waals surface area (Å²) in [6.07, 6.45) is 15.7. The van der Waals surface area contributed by atoms with Gasteiger partial charge in [0.25, 0.3) is 0 Å². The van der Waals surface area contributed by atoms with Crippen LogP contribution in [-0.2, 0) is 0 Å². The van der Waals surface area contributed by atoms with Crippen molar-refractivity contribution in [1.82, 2.24) is 31.5 Å². The van der Waals surface area contributed by atoms with Crippen molar-refractivity contribution in [3.8, 4) is 0 Å². The lowest BCUT2D eigenvalue weighted by Gasteiger charge is -2.36. The number of piperazine rings is 1. The molecule has 0 aromatic heterocycles. The van der Waals surface area contributed by atoms with E-state index in [1.54, 1.807) is 0 Å². The van der Waals surface area contributed by atoms with Crippen LogP contribution in [0, 0.1) is 11.8 Å². The number of aliphatic imine (C=N–C) groups is 1. The fourth-order valence-electron chi connectivity index (χ4n) is 5.78. The van der Waals surface area contributed by atoms with Crippen molar-refractivity contribution in [3.63, 3.8) is 0 Å². The van der Waals surface area contributed by atoms with Crippen LogP contribution < -0.4 is 32.3 Å². The Morgan fingerprint density at radius 2 is 1.73 bits per heavy atom. The van der Waals surface area contributed by atoms with Crippen molar-refractivity contribution in [2.75, 3.05) is 52.4 Å². The molecule has 8 nitrogen and oxygen atoms in total. The van der Waals surface area contributed by atoms with Crippen molar-refractivity contribution in [2.24, 2.45) is 22.6 Å². The molecular formula is C25H48N8. The molecule has 1 unspecified atom stereocenters. The standard InChI is InChI=1S/C25H48N8/c26-23-17-24(33-15-13-27-14-16-33)32-25(31-23)30-19-21-9-7-20(8-10-21)18-28-11-4-12-29-22-5-2-1-3-6-22/h17,20-22,24,27-29H,1-16,18-19,26H2,(H2,30,31,32). The van der Waals surface area contributed by atoms with Gasteiger partial charge in [-0.15, -0.1) is 0 Å². The summed E-state index contributed by atoms with van der Waals surface area (Å²) < 4.78 is 0. The maximum atomic E-state index is 6.14. The molecule has 2 aliphatic carbocycles. The van der Waals surface area contributed by atoms with Gasteiger partial charge in [0.2, 0.25) is 0 Å². The quantitative estimate of drug-likeness (QED) is 0.273. The maximum absolute atomic E-state index is 6.14. The minimum absolute atomic E-state index is 0.145. The Morgan fingerprint density at radius 1 is 0.970 bits per heavy atom. The summed E-state index contributed by atoms with van der Waals surface area (Å²) in [6.45, 7) is 8.51. The first kappa shape index (κ1) is 24.8. The van der Waals surface area contributed by atoms with Crippen LogP contribution in [0.1, 0.15) is 64.2 Å². The number of nitrogens with two attached hydrogens (primary N) is 1. The van der Waals surface area contributed by atoms with Crippen LogP contribution in [-0.4, -0.2) is 75.4 Å². The smallest absolute Gasteiger partial charge is 0.198 e. The topological polar surface area (TPSA) is 102 Å². The van der Waals surface area contributed by atoms with E-state index >= 15 is 0 Å². The summed E-state index contributed by atoms with van der Waals surface area (Å²) in [4.78, 5) is 7.29. The largest absolute Gasteiger partial charge is 0.385 e. The second-order valence-corrected chi connectivity index (χ2v) is 10.5. The van der Waals surface area contributed by atoms with Crippen LogP contribution in [0.2, 0.25) is 0 Å². The van der Waals surface area contributed by atoms with Gasteiger partial charge in [-0.1, -0.05) is 19.3 Å². The van der Waals surface area contributed by atoms with Crippen LogP contribution in [0.25, 0.3) is 0 Å². The fraction of sp³-hybridized carbons (Fsp3) is 0.880. The van der Waals surface area contributed by atoms with Crippen molar-refractivity contribution in [1.29, 1.82) is 0 Å². The Morgan fingerprint density at radius 3 is 2.52 bits per heavy atom. The Labute approximate surface area is 201 Å². The summed E-state index contributed by atoms with van der Waals surface area (Å²) >= 11 is 0. The molecule has 0 spiro atoms. The minimum Gasteiger partial charge on any atom is -0.385 e. The third-order valence-corrected chi connectivity index (χ3v) is 7.91. The molecule has 1 saturated heterocycles. The van der Waals surface area contributed by atoms with Gasteiger partial charge in [-0.3, -0.25) is 9.89 Å². The van der Waals surface area contributed by atoms with Crippen molar-refractivity contribution < 1.29 is 0 Å². The molecule has 0 aromatic rings. The molecule has 188 valence electrons. The van der Waals surface area contributed by atoms with Gasteiger partial charge in [-0.25, -0.2) is 0 Å². The van der Waals surface area contributed by atoms with Crippen LogP contribution in [0.15, 0.2) is 16.9 Å². The second kappa shape index (κ2) is 13.5. The summed E-state index contributed by atoms with van der Waals surface area (Å²) in [7, 11) is 0. The summed E-state index contributed by atoms with van der Waals surface area (Å²) in [6, 6.07) is 0.789. The number of nitrogens with zero attached hydrogens (tertiary/aromatic N) is 2. The molecular weight excluding hydrogens is 412 g/mol. The lowest BCUT2D eigenvalue weighted by Crippen LogP contribution is -2.59. The highest BCUT2D eigenvalue weighted by atomic mass is 15.4. The zero-order valence-electron chi connectivity index (χ0n) is 20.6. The molecule has 7 N–H and O–H groups in total. The Balaban J connectivity index is 1.07. The van der Waals surface area contributed by atoms with Crippen molar-refractivity contribution in [3.05, 3.63) is 11.9 Å². The van der Waals surface area contributed by atoms with Crippen LogP contribution in [0.3, 0.4) is 0 Å². The molecule has 1 atom stereocenters. The van der Waals surface area contributed by atoms with Crippen LogP contribution >= 0.6 is 0 Å². The van der Waals surface area contributed by atoms with Crippen LogP contribution in [0.5, 0.6) is 0 Å². The number of rotatable bonds is 10. The SMILES string of the molecule is NC1=CC(N2CCNCC2)NC(=NCC2CCC(CNCCCNC3CCCCC3)CC2)N1. The zero-order chi connectivity index (χ0) is 22.7. The van der Waals surface area contributed by atoms with E-state index in [-0.39, 0.29) is 6.17 Å². The summed E-state index contributed by atoms with van der Waals surface area (Å²) in [5.41, 5.74) is 6.14. The number of nitrogens with one attached hydrogen (secondary N) is 5. The molecule has 2 heterocycles. The van der Waals surface area contributed by atoms with Gasteiger partial charge in [-0.05, 0) is 82.5 Å². The molecule has 8 heteroatoms. The minimum atomic E-state index is 0.145. The number of guanidine groups is 1. The Bertz CT molecular complexity index is 616. The molecule has 33 heavy (non-hydrogen) atoms. The van der Waals surface area contributed by atoms with Crippen LogP contribution in [0.4, 0.5) is 0 Å². The Hall–Kier alpha value is -1.35. The average Bonchev–Trinajstić information content (AvgIpc) is 2.86. The predicted molar refractivity (Wildman–Crippen MR) is 137 cm³/mol. The predicted octanol–water partition coefficient (Wildman–Crippen LogP) is 1.28. The van der Waals surface area contributed by atoms with E-state index < -0.39 is 0 Å². The average molecular weight is 461 g/mol. The Kier molecular flexibility index (Phi) is 10.1. The van der Waals surface area contributed by atoms with E-state index in [4.69, 9.17) is 10.7 Å². The molecule has 4 rings (SSSR count). The van der Waals surface area contributed by atoms with Gasteiger partial charge in [0, 0.05) is 38.8 Å². The lowest BCUT2D eigenvalue weighted by atomic mass is 9.82. The summed E-state index contributed by atoms with van der Waals surface area (Å²) in [5, 5.41) is 17.6. The van der Waals surface area contributed by atoms with E-state index in [9.17, 15) is 0 Å². The molecule has 0 aromatic carbocycles. The maximum Gasteiger partial charge on any atom is 0.198 e. The molecule has 0 radical (unpaired) electrons. The van der Waals surface area contributed by atoms with Gasteiger partial charge in [-0.2, -0.15) is 0 Å². The van der Waals surface area contributed by atoms with E-state index in [1.165, 1.54) is 77.3 Å². The highest BCUT2D eigenvalue weighted by molar-refractivity contribution is 5.83. The van der Waals surface area contributed by atoms with Gasteiger partial charge in [0.05, 0.1) is 0 Å². The summed E-state index contributed by atoms with van der Waals surface area (Å²) in [5.74, 6) is 3.08. The number of hydrogen-bond acceptors (Lipinski definition) is 6. The molecule has 2 aliphatic heterocycles. The van der Waals surface area contributed by atoms with Gasteiger partial charge >= 0.3 is 0 Å². The van der Waals surface area contributed by atoms with Gasteiger partial charge in [0.1, 0.15) is 12.0 Å². The molecule has 0 bridgehead atoms. The lowest BCUT2D eigenvalue weighted by molar-refractivity contribution is 0.188. The van der Waals surface area contributed by atoms with E-state index in [0.29, 0.717) is 11.7 Å². The first-order valence-electron chi connectivity index (χ1n) is 13.7. The third kappa shape index (κ3) is 8.42. The molecule has 4 aliphatic rings. The highest BCUT2D eigenvalue weighted by Gasteiger charge is 2.24. The molecule has 3 fully saturated rings. The first-order valence-corrected chi connectivity index (χ1v) is 13.7. The van der Waals surface area contributed by atoms with Gasteiger partial charge in [0.15, 0.2) is 5.96 Å². The van der Waals surface area contributed by atoms with Crippen molar-refractivity contribution in [2.45, 2.75) is 76.4 Å². The monoisotopic (exact) mass is 460 g/mol. The normalized spacial score (nSPS) is 31.1. The zero-order valence-corrected chi connectivity index (χ0v) is 20.6. The molecule has 0 amide bonds. The second-order valence-electron chi connectivity index (χ2n) is 10.5. The highest BCUT2D eigenvalue weighted by Crippen LogP contribution is 2.28. The fourth-order valence-corrected chi connectivity index (χ4v) is 5.78.